The van der Waals surface area contributed by atoms with E-state index in [0.717, 1.165) is 30.8 Å². The highest BCUT2D eigenvalue weighted by molar-refractivity contribution is 5.70. The molecule has 17 heavy (non-hydrogen) atoms. The van der Waals surface area contributed by atoms with E-state index in [0.29, 0.717) is 5.82 Å². The Morgan fingerprint density at radius 3 is 2.41 bits per heavy atom. The molecular weight excluding hydrogens is 216 g/mol. The SMILES string of the molecule is CN1CCCC1.Cn1c(C=O)nc2c1CNC2. The first-order valence-electron chi connectivity index (χ1n) is 6.11. The van der Waals surface area contributed by atoms with Crippen molar-refractivity contribution in [3.63, 3.8) is 0 Å². The molecule has 2 aliphatic rings. The van der Waals surface area contributed by atoms with Crippen LogP contribution in [0.2, 0.25) is 0 Å². The number of likely N-dealkylation sites (tertiary alicyclic amines) is 1. The molecule has 0 unspecified atom stereocenters. The highest BCUT2D eigenvalue weighted by atomic mass is 16.1. The first kappa shape index (κ1) is 12.3. The number of carbonyl (C=O) groups is 1. The van der Waals surface area contributed by atoms with E-state index in [1.165, 1.54) is 25.9 Å². The number of aromatic nitrogens is 2. The van der Waals surface area contributed by atoms with Crippen molar-refractivity contribution in [2.24, 2.45) is 7.05 Å². The molecule has 94 valence electrons. The molecule has 0 aromatic carbocycles. The molecule has 0 atom stereocenters. The lowest BCUT2D eigenvalue weighted by Crippen LogP contribution is -2.10. The van der Waals surface area contributed by atoms with Crippen LogP contribution in [0.5, 0.6) is 0 Å². The second kappa shape index (κ2) is 5.42. The molecule has 1 N–H and O–H groups in total. The molecule has 1 saturated heterocycles. The fourth-order valence-corrected chi connectivity index (χ4v) is 2.25. The Labute approximate surface area is 102 Å². The molecule has 1 aromatic heterocycles. The van der Waals surface area contributed by atoms with E-state index in [1.54, 1.807) is 0 Å². The van der Waals surface area contributed by atoms with Crippen molar-refractivity contribution in [1.82, 2.24) is 19.8 Å². The van der Waals surface area contributed by atoms with Crippen molar-refractivity contribution in [3.05, 3.63) is 17.2 Å². The Hall–Kier alpha value is -1.20. The van der Waals surface area contributed by atoms with Crippen LogP contribution in [0.3, 0.4) is 0 Å². The Morgan fingerprint density at radius 2 is 1.94 bits per heavy atom. The van der Waals surface area contributed by atoms with E-state index >= 15 is 0 Å². The normalized spacial score (nSPS) is 18.7. The van der Waals surface area contributed by atoms with Gasteiger partial charge in [-0.2, -0.15) is 0 Å². The van der Waals surface area contributed by atoms with Crippen molar-refractivity contribution in [3.8, 4) is 0 Å². The second-order valence-corrected chi connectivity index (χ2v) is 4.65. The van der Waals surface area contributed by atoms with Gasteiger partial charge in [-0.3, -0.25) is 4.79 Å². The maximum Gasteiger partial charge on any atom is 0.185 e. The number of carbonyl (C=O) groups excluding carboxylic acids is 1. The number of aldehydes is 1. The first-order valence-corrected chi connectivity index (χ1v) is 6.11. The third-order valence-corrected chi connectivity index (χ3v) is 3.35. The predicted octanol–water partition coefficient (Wildman–Crippen LogP) is 0.548. The van der Waals surface area contributed by atoms with Gasteiger partial charge in [-0.15, -0.1) is 0 Å². The number of nitrogens with zero attached hydrogens (tertiary/aromatic N) is 3. The van der Waals surface area contributed by atoms with Crippen LogP contribution in [0, 0.1) is 0 Å². The van der Waals surface area contributed by atoms with Crippen LogP contribution in [0.25, 0.3) is 0 Å². The lowest BCUT2D eigenvalue weighted by Gasteiger charge is -2.01. The Bertz CT molecular complexity index is 393. The average Bonchev–Trinajstić information content (AvgIpc) is 3.00. The van der Waals surface area contributed by atoms with Crippen LogP contribution in [-0.4, -0.2) is 40.9 Å². The molecule has 0 saturated carbocycles. The number of nitrogens with one attached hydrogen (secondary N) is 1. The summed E-state index contributed by atoms with van der Waals surface area (Å²) in [6, 6.07) is 0. The molecule has 1 aromatic rings. The van der Waals surface area contributed by atoms with Gasteiger partial charge in [0.25, 0.3) is 0 Å². The van der Waals surface area contributed by atoms with E-state index in [9.17, 15) is 4.79 Å². The van der Waals surface area contributed by atoms with Crippen LogP contribution in [0.15, 0.2) is 0 Å². The summed E-state index contributed by atoms with van der Waals surface area (Å²) in [5, 5.41) is 3.16. The molecule has 0 spiro atoms. The number of fused-ring (bicyclic) bond motifs is 1. The summed E-state index contributed by atoms with van der Waals surface area (Å²) in [6.45, 7) is 4.25. The quantitative estimate of drug-likeness (QED) is 0.723. The van der Waals surface area contributed by atoms with Crippen LogP contribution in [0.1, 0.15) is 34.8 Å². The van der Waals surface area contributed by atoms with Gasteiger partial charge in [-0.05, 0) is 33.0 Å². The summed E-state index contributed by atoms with van der Waals surface area (Å²) in [7, 11) is 4.04. The van der Waals surface area contributed by atoms with Crippen molar-refractivity contribution in [2.45, 2.75) is 25.9 Å². The summed E-state index contributed by atoms with van der Waals surface area (Å²) in [4.78, 5) is 16.9. The summed E-state index contributed by atoms with van der Waals surface area (Å²) >= 11 is 0. The zero-order valence-corrected chi connectivity index (χ0v) is 10.6. The van der Waals surface area contributed by atoms with Gasteiger partial charge in [0, 0.05) is 20.1 Å². The number of rotatable bonds is 1. The summed E-state index contributed by atoms with van der Waals surface area (Å²) in [6.07, 6.45) is 3.62. The van der Waals surface area contributed by atoms with E-state index in [-0.39, 0.29) is 0 Å². The van der Waals surface area contributed by atoms with Gasteiger partial charge in [0.15, 0.2) is 12.1 Å². The smallest absolute Gasteiger partial charge is 0.185 e. The van der Waals surface area contributed by atoms with Crippen LogP contribution in [0.4, 0.5) is 0 Å². The van der Waals surface area contributed by atoms with Crippen LogP contribution < -0.4 is 5.32 Å². The zero-order chi connectivity index (χ0) is 12.3. The van der Waals surface area contributed by atoms with E-state index in [1.807, 2.05) is 11.6 Å². The van der Waals surface area contributed by atoms with E-state index in [2.05, 4.69) is 22.2 Å². The summed E-state index contributed by atoms with van der Waals surface area (Å²) < 4.78 is 1.84. The fourth-order valence-electron chi connectivity index (χ4n) is 2.25. The first-order chi connectivity index (χ1) is 8.22. The molecule has 3 rings (SSSR count). The lowest BCUT2D eigenvalue weighted by atomic mass is 10.4. The Morgan fingerprint density at radius 1 is 1.24 bits per heavy atom. The van der Waals surface area contributed by atoms with Gasteiger partial charge >= 0.3 is 0 Å². The molecule has 0 radical (unpaired) electrons. The van der Waals surface area contributed by atoms with Gasteiger partial charge in [-0.1, -0.05) is 0 Å². The monoisotopic (exact) mass is 236 g/mol. The third-order valence-electron chi connectivity index (χ3n) is 3.35. The van der Waals surface area contributed by atoms with Gasteiger partial charge in [-0.25, -0.2) is 4.98 Å². The molecule has 5 heteroatoms. The van der Waals surface area contributed by atoms with Gasteiger partial charge < -0.3 is 14.8 Å². The molecule has 0 bridgehead atoms. The van der Waals surface area contributed by atoms with Crippen molar-refractivity contribution < 1.29 is 4.79 Å². The van der Waals surface area contributed by atoms with Crippen molar-refractivity contribution in [1.29, 1.82) is 0 Å². The lowest BCUT2D eigenvalue weighted by molar-refractivity contribution is 0.111. The topological polar surface area (TPSA) is 50.2 Å². The highest BCUT2D eigenvalue weighted by Crippen LogP contribution is 2.14. The van der Waals surface area contributed by atoms with E-state index < -0.39 is 0 Å². The fraction of sp³-hybridized carbons (Fsp3) is 0.667. The molecular formula is C12H20N4O. The molecule has 2 aliphatic heterocycles. The van der Waals surface area contributed by atoms with Gasteiger partial charge in [0.1, 0.15) is 0 Å². The van der Waals surface area contributed by atoms with Gasteiger partial charge in [0.05, 0.1) is 11.4 Å². The number of hydrogen-bond acceptors (Lipinski definition) is 4. The Kier molecular flexibility index (Phi) is 3.91. The number of imidazole rings is 1. The average molecular weight is 236 g/mol. The van der Waals surface area contributed by atoms with Crippen LogP contribution >= 0.6 is 0 Å². The largest absolute Gasteiger partial charge is 0.327 e. The predicted molar refractivity (Wildman–Crippen MR) is 65.9 cm³/mol. The maximum atomic E-state index is 10.4. The van der Waals surface area contributed by atoms with Crippen molar-refractivity contribution >= 4 is 6.29 Å². The molecule has 1 fully saturated rings. The minimum absolute atomic E-state index is 0.525. The van der Waals surface area contributed by atoms with E-state index in [4.69, 9.17) is 0 Å². The number of hydrogen-bond donors (Lipinski definition) is 1. The summed E-state index contributed by atoms with van der Waals surface area (Å²) in [5.74, 6) is 0.525. The Balaban J connectivity index is 0.000000153. The van der Waals surface area contributed by atoms with Crippen molar-refractivity contribution in [2.75, 3.05) is 20.1 Å². The highest BCUT2D eigenvalue weighted by Gasteiger charge is 2.17. The second-order valence-electron chi connectivity index (χ2n) is 4.65. The maximum absolute atomic E-state index is 10.4. The third kappa shape index (κ3) is 2.73. The minimum Gasteiger partial charge on any atom is -0.327 e. The molecule has 0 aliphatic carbocycles. The minimum atomic E-state index is 0.525. The van der Waals surface area contributed by atoms with Gasteiger partial charge in [0.2, 0.25) is 0 Å². The standard InChI is InChI=1S/C7H9N3O.C5H11N/c1-10-6-3-8-2-5(6)9-7(10)4-11;1-6-4-2-3-5-6/h4,8H,2-3H2,1H3;2-5H2,1H3. The van der Waals surface area contributed by atoms with Crippen LogP contribution in [-0.2, 0) is 20.1 Å². The molecule has 5 nitrogen and oxygen atoms in total. The molecule has 0 amide bonds. The summed E-state index contributed by atoms with van der Waals surface area (Å²) in [5.41, 5.74) is 2.14. The molecule has 3 heterocycles. The zero-order valence-electron chi connectivity index (χ0n) is 10.6.